The predicted octanol–water partition coefficient (Wildman–Crippen LogP) is 5.45. The molecule has 0 spiro atoms. The van der Waals surface area contributed by atoms with E-state index in [1.807, 2.05) is 6.92 Å². The van der Waals surface area contributed by atoms with Gasteiger partial charge in [0.05, 0.1) is 12.2 Å². The predicted molar refractivity (Wildman–Crippen MR) is 110 cm³/mol. The van der Waals surface area contributed by atoms with Crippen molar-refractivity contribution in [3.63, 3.8) is 0 Å². The first-order chi connectivity index (χ1) is 12.6. The summed E-state index contributed by atoms with van der Waals surface area (Å²) < 4.78 is 3.13. The third kappa shape index (κ3) is 3.37. The summed E-state index contributed by atoms with van der Waals surface area (Å²) in [7, 11) is 0. The lowest BCUT2D eigenvalue weighted by Gasteiger charge is -2.36. The monoisotopic (exact) mass is 412 g/mol. The fourth-order valence-corrected chi connectivity index (χ4v) is 4.74. The van der Waals surface area contributed by atoms with Gasteiger partial charge in [0.1, 0.15) is 4.60 Å². The van der Waals surface area contributed by atoms with Crippen LogP contribution in [0.25, 0.3) is 5.78 Å². The molecule has 0 radical (unpaired) electrons. The van der Waals surface area contributed by atoms with E-state index >= 15 is 0 Å². The number of fused-ring (bicyclic) bond motifs is 1. The second kappa shape index (κ2) is 7.39. The zero-order valence-electron chi connectivity index (χ0n) is 15.5. The molecule has 0 amide bonds. The van der Waals surface area contributed by atoms with E-state index < -0.39 is 0 Å². The summed E-state index contributed by atoms with van der Waals surface area (Å²) in [6.45, 7) is 4.93. The van der Waals surface area contributed by atoms with Crippen LogP contribution in [0.3, 0.4) is 0 Å². The number of nitrogens with zero attached hydrogens (tertiary/aromatic N) is 4. The third-order valence-electron chi connectivity index (χ3n) is 5.34. The molecule has 0 aliphatic heterocycles. The van der Waals surface area contributed by atoms with Gasteiger partial charge in [-0.15, -0.1) is 0 Å². The van der Waals surface area contributed by atoms with Gasteiger partial charge in [-0.3, -0.25) is 4.40 Å². The van der Waals surface area contributed by atoms with Crippen LogP contribution in [0, 0.1) is 13.8 Å². The van der Waals surface area contributed by atoms with Crippen molar-refractivity contribution in [2.75, 3.05) is 4.90 Å². The number of imidazole rings is 1. The van der Waals surface area contributed by atoms with Gasteiger partial charge in [-0.25, -0.2) is 9.97 Å². The quantitative estimate of drug-likeness (QED) is 0.571. The van der Waals surface area contributed by atoms with Gasteiger partial charge in [0.2, 0.25) is 5.78 Å². The molecular weight excluding hydrogens is 388 g/mol. The molecule has 4 rings (SSSR count). The van der Waals surface area contributed by atoms with Crippen LogP contribution < -0.4 is 4.90 Å². The highest BCUT2D eigenvalue weighted by atomic mass is 79.9. The number of rotatable bonds is 4. The van der Waals surface area contributed by atoms with E-state index in [-0.39, 0.29) is 0 Å². The maximum atomic E-state index is 4.86. The normalized spacial score (nSPS) is 15.5. The van der Waals surface area contributed by atoms with Crippen LogP contribution in [0.2, 0.25) is 0 Å². The molecule has 136 valence electrons. The molecule has 2 heterocycles. The highest BCUT2D eigenvalue weighted by Gasteiger charge is 2.24. The molecule has 0 unspecified atom stereocenters. The van der Waals surface area contributed by atoms with Gasteiger partial charge in [0.15, 0.2) is 0 Å². The average molecular weight is 413 g/mol. The number of aromatic nitrogens is 3. The summed E-state index contributed by atoms with van der Waals surface area (Å²) in [6, 6.07) is 13.4. The van der Waals surface area contributed by atoms with E-state index in [9.17, 15) is 0 Å². The van der Waals surface area contributed by atoms with Gasteiger partial charge >= 0.3 is 0 Å². The Balaban J connectivity index is 1.72. The lowest BCUT2D eigenvalue weighted by atomic mass is 9.93. The summed E-state index contributed by atoms with van der Waals surface area (Å²) in [4.78, 5) is 12.0. The highest BCUT2D eigenvalue weighted by Crippen LogP contribution is 2.30. The van der Waals surface area contributed by atoms with E-state index in [0.29, 0.717) is 6.04 Å². The molecule has 4 nitrogen and oxygen atoms in total. The van der Waals surface area contributed by atoms with Crippen LogP contribution in [-0.4, -0.2) is 20.4 Å². The Kier molecular flexibility index (Phi) is 4.98. The number of halogens is 1. The van der Waals surface area contributed by atoms with Crippen LogP contribution in [0.5, 0.6) is 0 Å². The van der Waals surface area contributed by atoms with E-state index in [0.717, 1.165) is 34.0 Å². The minimum absolute atomic E-state index is 0.582. The maximum Gasteiger partial charge on any atom is 0.235 e. The van der Waals surface area contributed by atoms with Gasteiger partial charge in [-0.05, 0) is 60.8 Å². The summed E-state index contributed by atoms with van der Waals surface area (Å²) in [5, 5.41) is 0. The molecule has 3 aromatic rings. The van der Waals surface area contributed by atoms with Gasteiger partial charge < -0.3 is 4.90 Å². The average Bonchev–Trinajstić information content (AvgIpc) is 2.96. The fourth-order valence-electron chi connectivity index (χ4n) is 4.08. The van der Waals surface area contributed by atoms with Crippen molar-refractivity contribution in [3.05, 3.63) is 58.1 Å². The minimum Gasteiger partial charge on any atom is -0.363 e. The summed E-state index contributed by atoms with van der Waals surface area (Å²) in [5.74, 6) is 0.779. The van der Waals surface area contributed by atoms with E-state index in [2.05, 4.69) is 73.5 Å². The smallest absolute Gasteiger partial charge is 0.235 e. The minimum atomic E-state index is 0.582. The van der Waals surface area contributed by atoms with Crippen LogP contribution >= 0.6 is 15.9 Å². The number of benzene rings is 1. The second-order valence-corrected chi connectivity index (χ2v) is 8.03. The molecule has 1 aromatic carbocycles. The fraction of sp³-hybridized carbons (Fsp3) is 0.429. The van der Waals surface area contributed by atoms with Crippen LogP contribution in [0.1, 0.15) is 49.2 Å². The molecule has 5 heteroatoms. The van der Waals surface area contributed by atoms with E-state index in [1.54, 1.807) is 0 Å². The zero-order chi connectivity index (χ0) is 18.1. The molecule has 1 aliphatic carbocycles. The number of aryl methyl sites for hydroxylation is 2. The highest BCUT2D eigenvalue weighted by molar-refractivity contribution is 9.10. The van der Waals surface area contributed by atoms with Crippen LogP contribution in [-0.2, 0) is 6.54 Å². The number of hydrogen-bond donors (Lipinski definition) is 0. The SMILES string of the molecule is Cc1cc(C)n2c(Br)c(CN(c3ccccc3)C3CCCCC3)nc2n1. The molecule has 0 N–H and O–H groups in total. The number of hydrogen-bond acceptors (Lipinski definition) is 3. The van der Waals surface area contributed by atoms with E-state index in [4.69, 9.17) is 4.98 Å². The Morgan fingerprint density at radius 2 is 1.81 bits per heavy atom. The van der Waals surface area contributed by atoms with Crippen molar-refractivity contribution in [2.45, 2.75) is 58.5 Å². The molecule has 0 bridgehead atoms. The van der Waals surface area contributed by atoms with E-state index in [1.165, 1.54) is 37.8 Å². The molecule has 26 heavy (non-hydrogen) atoms. The van der Waals surface area contributed by atoms with Crippen molar-refractivity contribution >= 4 is 27.4 Å². The third-order valence-corrected chi connectivity index (χ3v) is 6.15. The molecule has 1 aliphatic rings. The molecule has 0 atom stereocenters. The lowest BCUT2D eigenvalue weighted by Crippen LogP contribution is -2.36. The van der Waals surface area contributed by atoms with Crippen molar-refractivity contribution in [1.82, 2.24) is 14.4 Å². The van der Waals surface area contributed by atoms with Crippen LogP contribution in [0.4, 0.5) is 5.69 Å². The molecule has 2 aromatic heterocycles. The summed E-state index contributed by atoms with van der Waals surface area (Å²) >= 11 is 3.79. The Bertz CT molecular complexity index is 897. The Morgan fingerprint density at radius 3 is 2.54 bits per heavy atom. The Hall–Kier alpha value is -1.88. The first-order valence-corrected chi connectivity index (χ1v) is 10.3. The standard InChI is InChI=1S/C21H25BrN4/c1-15-13-16(2)26-20(22)19(24-21(26)23-15)14-25(17-9-5-3-6-10-17)18-11-7-4-8-12-18/h3,5-6,9-10,13,18H,4,7-8,11-12,14H2,1-2H3. The Labute approximate surface area is 163 Å². The summed E-state index contributed by atoms with van der Waals surface area (Å²) in [6.07, 6.45) is 6.52. The number of para-hydroxylation sites is 1. The lowest BCUT2D eigenvalue weighted by molar-refractivity contribution is 0.412. The summed E-state index contributed by atoms with van der Waals surface area (Å²) in [5.41, 5.74) is 4.50. The zero-order valence-corrected chi connectivity index (χ0v) is 17.0. The van der Waals surface area contributed by atoms with Crippen LogP contribution in [0.15, 0.2) is 41.0 Å². The van der Waals surface area contributed by atoms with Gasteiger partial charge in [-0.2, -0.15) is 0 Å². The first-order valence-electron chi connectivity index (χ1n) is 9.46. The largest absolute Gasteiger partial charge is 0.363 e. The van der Waals surface area contributed by atoms with Gasteiger partial charge in [0.25, 0.3) is 0 Å². The van der Waals surface area contributed by atoms with Crippen molar-refractivity contribution < 1.29 is 0 Å². The topological polar surface area (TPSA) is 33.4 Å². The van der Waals surface area contributed by atoms with Gasteiger partial charge in [-0.1, -0.05) is 37.5 Å². The van der Waals surface area contributed by atoms with Gasteiger partial charge in [0, 0.05) is 23.1 Å². The second-order valence-electron chi connectivity index (χ2n) is 7.28. The molecular formula is C21H25BrN4. The maximum absolute atomic E-state index is 4.86. The van der Waals surface area contributed by atoms with Crippen molar-refractivity contribution in [3.8, 4) is 0 Å². The molecule has 1 saturated carbocycles. The number of anilines is 1. The van der Waals surface area contributed by atoms with Crippen molar-refractivity contribution in [2.24, 2.45) is 0 Å². The molecule has 1 fully saturated rings. The Morgan fingerprint density at radius 1 is 1.08 bits per heavy atom. The first kappa shape index (κ1) is 17.5. The molecule has 0 saturated heterocycles. The van der Waals surface area contributed by atoms with Crippen molar-refractivity contribution in [1.29, 1.82) is 0 Å².